The van der Waals surface area contributed by atoms with Gasteiger partial charge >= 0.3 is 0 Å². The van der Waals surface area contributed by atoms with E-state index in [4.69, 9.17) is 16.8 Å². The highest BCUT2D eigenvalue weighted by molar-refractivity contribution is 5.94. The second kappa shape index (κ2) is 10.8. The second-order valence-corrected chi connectivity index (χ2v) is 7.86. The first-order chi connectivity index (χ1) is 16.2. The predicted octanol–water partition coefficient (Wildman–Crippen LogP) is 2.05. The Labute approximate surface area is 194 Å². The number of para-hydroxylation sites is 1. The molecule has 11 heteroatoms. The van der Waals surface area contributed by atoms with Crippen molar-refractivity contribution in [3.8, 4) is 0 Å². The molecule has 0 spiro atoms. The summed E-state index contributed by atoms with van der Waals surface area (Å²) in [5.74, 6) is 2.72. The summed E-state index contributed by atoms with van der Waals surface area (Å²) in [5.41, 5.74) is 9.62. The van der Waals surface area contributed by atoms with Gasteiger partial charge in [-0.25, -0.2) is 20.1 Å². The molecule has 1 heterocycles. The van der Waals surface area contributed by atoms with Gasteiger partial charge in [-0.3, -0.25) is 14.8 Å². The molecule has 0 aliphatic carbocycles. The van der Waals surface area contributed by atoms with E-state index in [1.54, 1.807) is 12.4 Å². The normalized spacial score (nSPS) is 13.4. The highest BCUT2D eigenvalue weighted by Gasteiger charge is 2.21. The van der Waals surface area contributed by atoms with Crippen molar-refractivity contribution in [1.29, 1.82) is 0 Å². The highest BCUT2D eigenvalue weighted by Crippen LogP contribution is 2.21. The maximum absolute atomic E-state index is 13.4. The first-order valence-electron chi connectivity index (χ1n) is 10.4. The fourth-order valence-electron chi connectivity index (χ4n) is 3.49. The van der Waals surface area contributed by atoms with Crippen LogP contribution in [0.5, 0.6) is 0 Å². The fraction of sp³-hybridized carbons (Fsp3) is 0.217. The molecule has 180 valence electrons. The van der Waals surface area contributed by atoms with Gasteiger partial charge in [-0.05, 0) is 43.2 Å². The molecule has 0 bridgehead atoms. The minimum atomic E-state index is -1.14. The lowest BCUT2D eigenvalue weighted by molar-refractivity contribution is -0.130. The van der Waals surface area contributed by atoms with Gasteiger partial charge in [0.2, 0.25) is 5.91 Å². The molecule has 0 aliphatic heterocycles. The van der Waals surface area contributed by atoms with E-state index in [2.05, 4.69) is 10.3 Å². The number of carbonyl (C=O) groups excluding carboxylic acids is 2. The number of hydrogen-bond donors (Lipinski definition) is 6. The van der Waals surface area contributed by atoms with Crippen molar-refractivity contribution in [2.24, 2.45) is 11.6 Å². The summed E-state index contributed by atoms with van der Waals surface area (Å²) in [5, 5.41) is 13.8. The van der Waals surface area contributed by atoms with Crippen molar-refractivity contribution in [1.82, 2.24) is 20.8 Å². The average molecular weight is 472 g/mol. The zero-order valence-electron chi connectivity index (χ0n) is 18.4. The van der Waals surface area contributed by atoms with E-state index in [0.717, 1.165) is 34.7 Å². The van der Waals surface area contributed by atoms with Crippen molar-refractivity contribution >= 4 is 22.7 Å². The van der Waals surface area contributed by atoms with Crippen molar-refractivity contribution in [2.45, 2.75) is 31.8 Å². The van der Waals surface area contributed by atoms with E-state index in [0.29, 0.717) is 6.42 Å². The van der Waals surface area contributed by atoms with Gasteiger partial charge in [-0.1, -0.05) is 18.2 Å². The third-order valence-electron chi connectivity index (χ3n) is 5.43. The number of amides is 2. The van der Waals surface area contributed by atoms with E-state index in [-0.39, 0.29) is 17.7 Å². The second-order valence-electron chi connectivity index (χ2n) is 7.86. The Bertz CT molecular complexity index is 1210. The number of rotatable bonds is 9. The number of hydrazine groups is 1. The Balaban J connectivity index is 1.74. The predicted molar refractivity (Wildman–Crippen MR) is 122 cm³/mol. The Morgan fingerprint density at radius 3 is 2.65 bits per heavy atom. The van der Waals surface area contributed by atoms with Crippen LogP contribution in [0.1, 0.15) is 29.3 Å². The SMILES string of the molecule is CC(NC(=O)c1ccc(F)c(F)c1)/C(N)=C/N(N)C(CC(=O)NO)Cc1c[nH]c2ccccc12. The molecule has 8 N–H and O–H groups in total. The summed E-state index contributed by atoms with van der Waals surface area (Å²) in [6.07, 6.45) is 3.42. The van der Waals surface area contributed by atoms with Gasteiger partial charge in [0.05, 0.1) is 18.5 Å². The maximum Gasteiger partial charge on any atom is 0.251 e. The maximum atomic E-state index is 13.4. The number of hydrogen-bond acceptors (Lipinski definition) is 6. The molecule has 0 saturated heterocycles. The Morgan fingerprint density at radius 2 is 1.94 bits per heavy atom. The van der Waals surface area contributed by atoms with Gasteiger partial charge in [-0.2, -0.15) is 0 Å². The van der Waals surface area contributed by atoms with Gasteiger partial charge in [0.15, 0.2) is 11.6 Å². The van der Waals surface area contributed by atoms with Crippen molar-refractivity contribution < 1.29 is 23.6 Å². The highest BCUT2D eigenvalue weighted by atomic mass is 19.2. The number of carbonyl (C=O) groups is 2. The largest absolute Gasteiger partial charge is 0.399 e. The van der Waals surface area contributed by atoms with E-state index < -0.39 is 35.5 Å². The molecule has 0 fully saturated rings. The molecule has 3 rings (SSSR count). The first-order valence-corrected chi connectivity index (χ1v) is 10.4. The molecule has 3 aromatic rings. The van der Waals surface area contributed by atoms with Crippen LogP contribution in [0.2, 0.25) is 0 Å². The molecule has 0 radical (unpaired) electrons. The molecule has 1 aromatic heterocycles. The third kappa shape index (κ3) is 5.88. The van der Waals surface area contributed by atoms with Crippen LogP contribution in [0.3, 0.4) is 0 Å². The number of hydroxylamine groups is 1. The molecular formula is C23H26F2N6O3. The zero-order valence-corrected chi connectivity index (χ0v) is 18.4. The van der Waals surface area contributed by atoms with Gasteiger partial charge in [0.1, 0.15) is 0 Å². The molecule has 2 aromatic carbocycles. The Kier molecular flexibility index (Phi) is 7.82. The topological polar surface area (TPSA) is 150 Å². The lowest BCUT2D eigenvalue weighted by Crippen LogP contribution is -2.44. The van der Waals surface area contributed by atoms with Crippen LogP contribution in [-0.2, 0) is 11.2 Å². The van der Waals surface area contributed by atoms with Crippen LogP contribution < -0.4 is 22.4 Å². The quantitative estimate of drug-likeness (QED) is 0.159. The summed E-state index contributed by atoms with van der Waals surface area (Å²) >= 11 is 0. The standard InChI is InChI=1S/C23H26F2N6O3/c1-13(29-23(33)14-6-7-18(24)19(25)9-14)20(26)12-31(27)16(10-22(32)30-34)8-15-11-28-21-5-3-2-4-17(15)21/h2-7,9,11-13,16,28,34H,8,10,26-27H2,1H3,(H,29,33)(H,30,32)/b20-12-. The lowest BCUT2D eigenvalue weighted by Gasteiger charge is -2.27. The number of aromatic nitrogens is 1. The van der Waals surface area contributed by atoms with E-state index in [1.165, 1.54) is 11.2 Å². The summed E-state index contributed by atoms with van der Waals surface area (Å²) < 4.78 is 26.5. The molecule has 0 saturated carbocycles. The fourth-order valence-corrected chi connectivity index (χ4v) is 3.49. The zero-order chi connectivity index (χ0) is 24.8. The van der Waals surface area contributed by atoms with E-state index >= 15 is 0 Å². The summed E-state index contributed by atoms with van der Waals surface area (Å²) in [6.45, 7) is 1.59. The molecule has 2 unspecified atom stereocenters. The number of benzene rings is 2. The third-order valence-corrected chi connectivity index (χ3v) is 5.43. The van der Waals surface area contributed by atoms with Crippen LogP contribution in [0.25, 0.3) is 10.9 Å². The van der Waals surface area contributed by atoms with Crippen LogP contribution in [-0.4, -0.2) is 39.1 Å². The van der Waals surface area contributed by atoms with Gasteiger partial charge < -0.3 is 21.0 Å². The van der Waals surface area contributed by atoms with E-state index in [9.17, 15) is 18.4 Å². The van der Waals surface area contributed by atoms with Crippen LogP contribution in [0, 0.1) is 11.6 Å². The molecule has 2 amide bonds. The van der Waals surface area contributed by atoms with Crippen LogP contribution in [0.4, 0.5) is 8.78 Å². The summed E-state index contributed by atoms with van der Waals surface area (Å²) in [6, 6.07) is 9.15. The van der Waals surface area contributed by atoms with Crippen molar-refractivity contribution in [2.75, 3.05) is 0 Å². The van der Waals surface area contributed by atoms with Crippen molar-refractivity contribution in [3.63, 3.8) is 0 Å². The number of halogens is 2. The number of aromatic amines is 1. The Hall–Kier alpha value is -3.96. The monoisotopic (exact) mass is 472 g/mol. The summed E-state index contributed by atoms with van der Waals surface area (Å²) in [4.78, 5) is 27.4. The van der Waals surface area contributed by atoms with E-state index in [1.807, 2.05) is 30.5 Å². The molecule has 34 heavy (non-hydrogen) atoms. The minimum Gasteiger partial charge on any atom is -0.399 e. The van der Waals surface area contributed by atoms with Gasteiger partial charge in [0, 0.05) is 34.6 Å². The van der Waals surface area contributed by atoms with Crippen molar-refractivity contribution in [3.05, 3.63) is 83.3 Å². The first kappa shape index (κ1) is 24.7. The Morgan fingerprint density at radius 1 is 1.21 bits per heavy atom. The number of fused-ring (bicyclic) bond motifs is 1. The van der Waals surface area contributed by atoms with Gasteiger partial charge in [-0.15, -0.1) is 0 Å². The molecular weight excluding hydrogens is 446 g/mol. The number of H-pyrrole nitrogens is 1. The number of nitrogens with two attached hydrogens (primary N) is 2. The molecule has 9 nitrogen and oxygen atoms in total. The smallest absolute Gasteiger partial charge is 0.251 e. The lowest BCUT2D eigenvalue weighted by atomic mass is 10.0. The average Bonchev–Trinajstić information content (AvgIpc) is 3.22. The number of nitrogens with zero attached hydrogens (tertiary/aromatic N) is 1. The summed E-state index contributed by atoms with van der Waals surface area (Å²) in [7, 11) is 0. The molecule has 2 atom stereocenters. The van der Waals surface area contributed by atoms with Gasteiger partial charge in [0.25, 0.3) is 5.91 Å². The van der Waals surface area contributed by atoms with Crippen LogP contribution in [0.15, 0.2) is 60.6 Å². The molecule has 0 aliphatic rings. The minimum absolute atomic E-state index is 0.0695. The van der Waals surface area contributed by atoms with Crippen LogP contribution >= 0.6 is 0 Å². The number of nitrogens with one attached hydrogen (secondary N) is 3.